The quantitative estimate of drug-likeness (QED) is 0.258. The van der Waals surface area contributed by atoms with Crippen LogP contribution in [-0.2, 0) is 17.6 Å². The summed E-state index contributed by atoms with van der Waals surface area (Å²) < 4.78 is 6.82. The predicted octanol–water partition coefficient (Wildman–Crippen LogP) is 5.06. The molecule has 6 heteroatoms. The summed E-state index contributed by atoms with van der Waals surface area (Å²) in [6, 6.07) is 27.4. The Morgan fingerprint density at radius 2 is 1.82 bits per heavy atom. The van der Waals surface area contributed by atoms with Crippen molar-refractivity contribution in [3.05, 3.63) is 136 Å². The predicted molar refractivity (Wildman–Crippen MR) is 143 cm³/mol. The zero-order valence-corrected chi connectivity index (χ0v) is 21.1. The Labute approximate surface area is 221 Å². The summed E-state index contributed by atoms with van der Waals surface area (Å²) in [5, 5.41) is 21.0. The van der Waals surface area contributed by atoms with Crippen molar-refractivity contribution in [2.75, 3.05) is 6.54 Å². The summed E-state index contributed by atoms with van der Waals surface area (Å²) in [5.41, 5.74) is 7.00. The average Bonchev–Trinajstić information content (AvgIpc) is 3.36. The monoisotopic (exact) mass is 505 g/mol. The van der Waals surface area contributed by atoms with Crippen LogP contribution >= 0.6 is 0 Å². The summed E-state index contributed by atoms with van der Waals surface area (Å²) in [5.74, 6) is 0.487. The first-order chi connectivity index (χ1) is 18.5. The molecule has 0 bridgehead atoms. The van der Waals surface area contributed by atoms with Crippen molar-refractivity contribution in [3.8, 4) is 0 Å². The van der Waals surface area contributed by atoms with Gasteiger partial charge in [-0.3, -0.25) is 10.0 Å². The average molecular weight is 506 g/mol. The van der Waals surface area contributed by atoms with Crippen molar-refractivity contribution in [3.63, 3.8) is 0 Å². The van der Waals surface area contributed by atoms with Gasteiger partial charge in [-0.25, -0.2) is 0 Å². The van der Waals surface area contributed by atoms with Gasteiger partial charge in [-0.2, -0.15) is 0 Å². The van der Waals surface area contributed by atoms with Crippen molar-refractivity contribution in [2.24, 2.45) is 0 Å². The molecule has 0 saturated carbocycles. The minimum absolute atomic E-state index is 0.0785. The van der Waals surface area contributed by atoms with Crippen LogP contribution in [0.1, 0.15) is 51.3 Å². The van der Waals surface area contributed by atoms with E-state index >= 15 is 0 Å². The van der Waals surface area contributed by atoms with Crippen LogP contribution in [0.25, 0.3) is 11.0 Å². The third-order valence-electron chi connectivity index (χ3n) is 7.34. The lowest BCUT2D eigenvalue weighted by Gasteiger charge is -2.38. The van der Waals surface area contributed by atoms with E-state index in [0.717, 1.165) is 27.7 Å². The third-order valence-corrected chi connectivity index (χ3v) is 7.34. The summed E-state index contributed by atoms with van der Waals surface area (Å²) in [6.07, 6.45) is 3.06. The fraction of sp³-hybridized carbons (Fsp3) is 0.188. The molecule has 2 atom stereocenters. The maximum Gasteiger partial charge on any atom is 0.227 e. The van der Waals surface area contributed by atoms with E-state index in [1.165, 1.54) is 29.1 Å². The lowest BCUT2D eigenvalue weighted by Crippen LogP contribution is -2.41. The van der Waals surface area contributed by atoms with Gasteiger partial charge in [0.05, 0.1) is 12.5 Å². The van der Waals surface area contributed by atoms with E-state index in [9.17, 15) is 15.1 Å². The van der Waals surface area contributed by atoms with E-state index in [4.69, 9.17) is 4.42 Å². The number of carbonyl (C=O) groups is 1. The second kappa shape index (κ2) is 9.80. The fourth-order valence-corrected chi connectivity index (χ4v) is 5.43. The zero-order valence-electron chi connectivity index (χ0n) is 21.1. The molecule has 5 aromatic rings. The van der Waals surface area contributed by atoms with E-state index < -0.39 is 6.10 Å². The number of benzene rings is 3. The number of aliphatic hydroxyl groups excluding tert-OH is 1. The SMILES string of the molecule is Cc1ccc2c(c1)CCN(C(=O)Cc1ccc3oc(C(O)c4cc[n+](O)cc4)cc3c1)C2c1ccccc1. The number of rotatable bonds is 5. The molecule has 38 heavy (non-hydrogen) atoms. The van der Waals surface area contributed by atoms with Gasteiger partial charge >= 0.3 is 0 Å². The number of carbonyl (C=O) groups excluding carboxylic acids is 1. The first-order valence-electron chi connectivity index (χ1n) is 12.8. The van der Waals surface area contributed by atoms with Crippen molar-refractivity contribution in [1.29, 1.82) is 0 Å². The van der Waals surface area contributed by atoms with Crippen LogP contribution in [0.3, 0.4) is 0 Å². The fourth-order valence-electron chi connectivity index (χ4n) is 5.43. The van der Waals surface area contributed by atoms with Crippen LogP contribution in [0.4, 0.5) is 0 Å². The number of furan rings is 1. The molecule has 0 fully saturated rings. The highest BCUT2D eigenvalue weighted by molar-refractivity contribution is 5.84. The molecule has 0 aliphatic carbocycles. The number of aliphatic hydroxyl groups is 1. The van der Waals surface area contributed by atoms with Crippen molar-refractivity contribution >= 4 is 16.9 Å². The van der Waals surface area contributed by atoms with E-state index in [0.29, 0.717) is 23.5 Å². The third kappa shape index (κ3) is 4.55. The Bertz CT molecular complexity index is 1610. The molecule has 0 spiro atoms. The van der Waals surface area contributed by atoms with Gasteiger partial charge in [0, 0.05) is 34.4 Å². The summed E-state index contributed by atoms with van der Waals surface area (Å²) >= 11 is 0. The Kier molecular flexibility index (Phi) is 6.18. The number of pyridine rings is 1. The van der Waals surface area contributed by atoms with Crippen LogP contribution in [0.5, 0.6) is 0 Å². The van der Waals surface area contributed by atoms with Crippen molar-refractivity contribution in [2.45, 2.75) is 31.9 Å². The normalized spacial score (nSPS) is 15.8. The Hall–Kier alpha value is -4.42. The van der Waals surface area contributed by atoms with Crippen LogP contribution in [0.2, 0.25) is 0 Å². The molecule has 2 aromatic heterocycles. The van der Waals surface area contributed by atoms with Gasteiger partial charge in [0.1, 0.15) is 17.4 Å². The van der Waals surface area contributed by atoms with Crippen LogP contribution in [0.15, 0.2) is 102 Å². The maximum absolute atomic E-state index is 13.7. The number of aromatic nitrogens is 1. The molecule has 6 nitrogen and oxygen atoms in total. The van der Waals surface area contributed by atoms with Gasteiger partial charge in [0.15, 0.2) is 0 Å². The van der Waals surface area contributed by atoms with Gasteiger partial charge in [-0.1, -0.05) is 60.2 Å². The molecule has 3 heterocycles. The van der Waals surface area contributed by atoms with Gasteiger partial charge in [-0.05, 0) is 53.8 Å². The second-order valence-electron chi connectivity index (χ2n) is 9.96. The van der Waals surface area contributed by atoms with E-state index in [1.807, 2.05) is 41.3 Å². The van der Waals surface area contributed by atoms with Gasteiger partial charge in [-0.15, -0.1) is 0 Å². The van der Waals surface area contributed by atoms with Crippen LogP contribution < -0.4 is 4.73 Å². The molecule has 2 N–H and O–H groups in total. The Morgan fingerprint density at radius 3 is 2.61 bits per heavy atom. The largest absolute Gasteiger partial charge is 0.458 e. The lowest BCUT2D eigenvalue weighted by molar-refractivity contribution is -0.904. The number of nitrogens with zero attached hydrogens (tertiary/aromatic N) is 2. The maximum atomic E-state index is 13.7. The lowest BCUT2D eigenvalue weighted by atomic mass is 9.87. The zero-order chi connectivity index (χ0) is 26.2. The highest BCUT2D eigenvalue weighted by Gasteiger charge is 2.32. The van der Waals surface area contributed by atoms with E-state index in [1.54, 1.807) is 18.2 Å². The Balaban J connectivity index is 1.27. The molecule has 1 aliphatic rings. The summed E-state index contributed by atoms with van der Waals surface area (Å²) in [4.78, 5) is 15.7. The van der Waals surface area contributed by atoms with E-state index in [-0.39, 0.29) is 18.4 Å². The van der Waals surface area contributed by atoms with Gasteiger partial charge in [0.25, 0.3) is 0 Å². The molecule has 1 aliphatic heterocycles. The number of aryl methyl sites for hydroxylation is 1. The minimum Gasteiger partial charge on any atom is -0.458 e. The number of hydrogen-bond donors (Lipinski definition) is 2. The van der Waals surface area contributed by atoms with E-state index in [2.05, 4.69) is 37.3 Å². The first-order valence-corrected chi connectivity index (χ1v) is 12.8. The van der Waals surface area contributed by atoms with Crippen molar-refractivity contribution < 1.29 is 24.3 Å². The number of amides is 1. The van der Waals surface area contributed by atoms with Crippen LogP contribution in [-0.4, -0.2) is 27.7 Å². The molecule has 2 unspecified atom stereocenters. The summed E-state index contributed by atoms with van der Waals surface area (Å²) in [7, 11) is 0. The smallest absolute Gasteiger partial charge is 0.227 e. The molecular formula is C32H29N2O4+. The van der Waals surface area contributed by atoms with Crippen molar-refractivity contribution in [1.82, 2.24) is 4.90 Å². The first kappa shape index (κ1) is 23.9. The van der Waals surface area contributed by atoms with Gasteiger partial charge in [0.2, 0.25) is 18.3 Å². The Morgan fingerprint density at radius 1 is 1.03 bits per heavy atom. The molecular weight excluding hydrogens is 476 g/mol. The van der Waals surface area contributed by atoms with Crippen LogP contribution in [0, 0.1) is 6.92 Å². The molecule has 1 amide bonds. The molecule has 6 rings (SSSR count). The second-order valence-corrected chi connectivity index (χ2v) is 9.96. The molecule has 0 radical (unpaired) electrons. The number of fused-ring (bicyclic) bond motifs is 2. The highest BCUT2D eigenvalue weighted by atomic mass is 16.5. The molecule has 3 aromatic carbocycles. The molecule has 190 valence electrons. The molecule has 0 saturated heterocycles. The minimum atomic E-state index is -0.961. The topological polar surface area (TPSA) is 77.8 Å². The standard InChI is InChI=1S/C32H29N2O4/c1-21-7-9-27-25(17-21)13-16-34(31(27)23-5-3-2-4-6-23)30(35)19-22-8-10-28-26(18-22)20-29(38-28)32(36)24-11-14-33(37)15-12-24/h2-12,14-15,17-18,20,31-32,36-37H,13,16,19H2,1H3/q+1. The highest BCUT2D eigenvalue weighted by Crippen LogP contribution is 2.36. The number of hydrogen-bond acceptors (Lipinski definition) is 4. The van der Waals surface area contributed by atoms with Gasteiger partial charge < -0.3 is 14.4 Å². The summed E-state index contributed by atoms with van der Waals surface area (Å²) in [6.45, 7) is 2.78.